The van der Waals surface area contributed by atoms with Gasteiger partial charge in [0.25, 0.3) is 0 Å². The van der Waals surface area contributed by atoms with Gasteiger partial charge >= 0.3 is 0 Å². The van der Waals surface area contributed by atoms with Crippen LogP contribution < -0.4 is 5.32 Å². The predicted octanol–water partition coefficient (Wildman–Crippen LogP) is 3.59. The molecule has 0 fully saturated rings. The van der Waals surface area contributed by atoms with Crippen molar-refractivity contribution in [2.24, 2.45) is 0 Å². The lowest BCUT2D eigenvalue weighted by molar-refractivity contribution is 0.545. The maximum atomic E-state index is 4.38. The van der Waals surface area contributed by atoms with E-state index in [4.69, 9.17) is 0 Å². The molecular weight excluding hydrogens is 232 g/mol. The fraction of sp³-hybridized carbons (Fsp3) is 0.353. The number of aryl methyl sites for hydroxylation is 3. The maximum Gasteiger partial charge on any atom is 0.0404 e. The van der Waals surface area contributed by atoms with Crippen LogP contribution in [0, 0.1) is 13.8 Å². The Morgan fingerprint density at radius 3 is 2.58 bits per heavy atom. The van der Waals surface area contributed by atoms with Gasteiger partial charge in [0.2, 0.25) is 0 Å². The van der Waals surface area contributed by atoms with E-state index in [-0.39, 0.29) is 0 Å². The highest BCUT2D eigenvalue weighted by Crippen LogP contribution is 2.21. The topological polar surface area (TPSA) is 24.9 Å². The van der Waals surface area contributed by atoms with Gasteiger partial charge in [-0.1, -0.05) is 24.3 Å². The predicted molar refractivity (Wildman–Crippen MR) is 80.3 cm³/mol. The number of hydrogen-bond acceptors (Lipinski definition) is 2. The van der Waals surface area contributed by atoms with E-state index in [9.17, 15) is 0 Å². The quantitative estimate of drug-likeness (QED) is 0.882. The van der Waals surface area contributed by atoms with Crippen LogP contribution in [0.1, 0.15) is 34.8 Å². The van der Waals surface area contributed by atoms with Gasteiger partial charge in [-0.2, -0.15) is 0 Å². The van der Waals surface area contributed by atoms with Crippen LogP contribution >= 0.6 is 0 Å². The summed E-state index contributed by atoms with van der Waals surface area (Å²) in [5, 5.41) is 3.41. The Labute approximate surface area is 115 Å². The standard InChI is InChI=1S/C17H22N2/c1-13-7-8-15(12-14(13)2)17(18-3)10-9-16-6-4-5-11-19-16/h4-8,11-12,17-18H,9-10H2,1-3H3. The Morgan fingerprint density at radius 2 is 1.95 bits per heavy atom. The molecule has 0 saturated carbocycles. The Bertz CT molecular complexity index is 520. The SMILES string of the molecule is CNC(CCc1ccccn1)c1ccc(C)c(C)c1. The molecule has 19 heavy (non-hydrogen) atoms. The second-order valence-electron chi connectivity index (χ2n) is 5.04. The van der Waals surface area contributed by atoms with Crippen LogP contribution in [0.5, 0.6) is 0 Å². The highest BCUT2D eigenvalue weighted by atomic mass is 14.9. The number of nitrogens with zero attached hydrogens (tertiary/aromatic N) is 1. The Kier molecular flexibility index (Phi) is 4.69. The highest BCUT2D eigenvalue weighted by molar-refractivity contribution is 5.31. The second kappa shape index (κ2) is 6.48. The van der Waals surface area contributed by atoms with Gasteiger partial charge < -0.3 is 5.32 Å². The molecule has 2 aromatic rings. The summed E-state index contributed by atoms with van der Waals surface area (Å²) in [5.74, 6) is 0. The monoisotopic (exact) mass is 254 g/mol. The van der Waals surface area contributed by atoms with Crippen molar-refractivity contribution < 1.29 is 0 Å². The van der Waals surface area contributed by atoms with Gasteiger partial charge in [0.15, 0.2) is 0 Å². The maximum absolute atomic E-state index is 4.38. The minimum absolute atomic E-state index is 0.390. The van der Waals surface area contributed by atoms with Crippen LogP contribution in [0.2, 0.25) is 0 Å². The molecule has 0 amide bonds. The van der Waals surface area contributed by atoms with Gasteiger partial charge in [-0.05, 0) is 62.6 Å². The zero-order chi connectivity index (χ0) is 13.7. The van der Waals surface area contributed by atoms with Crippen LogP contribution in [0.3, 0.4) is 0 Å². The fourth-order valence-corrected chi connectivity index (χ4v) is 2.30. The van der Waals surface area contributed by atoms with Gasteiger partial charge in [-0.15, -0.1) is 0 Å². The molecule has 2 heteroatoms. The fourth-order valence-electron chi connectivity index (χ4n) is 2.30. The first kappa shape index (κ1) is 13.8. The molecule has 100 valence electrons. The van der Waals surface area contributed by atoms with Crippen molar-refractivity contribution in [1.82, 2.24) is 10.3 Å². The molecule has 0 aliphatic carbocycles. The molecule has 1 aromatic carbocycles. The number of benzene rings is 1. The summed E-state index contributed by atoms with van der Waals surface area (Å²) in [7, 11) is 2.03. The van der Waals surface area contributed by atoms with Crippen molar-refractivity contribution in [3.05, 3.63) is 65.0 Å². The molecule has 2 nitrogen and oxygen atoms in total. The van der Waals surface area contributed by atoms with E-state index < -0.39 is 0 Å². The van der Waals surface area contributed by atoms with E-state index in [2.05, 4.69) is 48.4 Å². The van der Waals surface area contributed by atoms with Gasteiger partial charge in [0, 0.05) is 17.9 Å². The lowest BCUT2D eigenvalue weighted by Crippen LogP contribution is -2.17. The average molecular weight is 254 g/mol. The van der Waals surface area contributed by atoms with Crippen molar-refractivity contribution in [3.8, 4) is 0 Å². The number of nitrogens with one attached hydrogen (secondary N) is 1. The molecule has 0 aliphatic rings. The van der Waals surface area contributed by atoms with Crippen LogP contribution in [-0.2, 0) is 6.42 Å². The first-order valence-corrected chi connectivity index (χ1v) is 6.85. The summed E-state index contributed by atoms with van der Waals surface area (Å²) in [6, 6.07) is 13.2. The van der Waals surface area contributed by atoms with Crippen molar-refractivity contribution in [2.75, 3.05) is 7.05 Å². The summed E-state index contributed by atoms with van der Waals surface area (Å²) in [4.78, 5) is 4.38. The Balaban J connectivity index is 2.05. The number of pyridine rings is 1. The lowest BCUT2D eigenvalue weighted by atomic mass is 9.97. The summed E-state index contributed by atoms with van der Waals surface area (Å²) in [5.41, 5.74) is 5.23. The van der Waals surface area contributed by atoms with Gasteiger partial charge in [0.05, 0.1) is 0 Å². The third-order valence-electron chi connectivity index (χ3n) is 3.70. The second-order valence-corrected chi connectivity index (χ2v) is 5.04. The third-order valence-corrected chi connectivity index (χ3v) is 3.70. The van der Waals surface area contributed by atoms with Crippen LogP contribution in [0.4, 0.5) is 0 Å². The van der Waals surface area contributed by atoms with E-state index in [0.29, 0.717) is 6.04 Å². The van der Waals surface area contributed by atoms with Gasteiger partial charge in [-0.25, -0.2) is 0 Å². The first-order valence-electron chi connectivity index (χ1n) is 6.85. The molecule has 2 rings (SSSR count). The normalized spacial score (nSPS) is 12.4. The van der Waals surface area contributed by atoms with Gasteiger partial charge in [0.1, 0.15) is 0 Å². The van der Waals surface area contributed by atoms with E-state index >= 15 is 0 Å². The molecule has 0 spiro atoms. The molecule has 0 bridgehead atoms. The van der Waals surface area contributed by atoms with E-state index in [1.807, 2.05) is 25.4 Å². The van der Waals surface area contributed by atoms with Crippen LogP contribution in [0.25, 0.3) is 0 Å². The number of aromatic nitrogens is 1. The molecule has 0 radical (unpaired) electrons. The number of hydrogen-bond donors (Lipinski definition) is 1. The summed E-state index contributed by atoms with van der Waals surface area (Å²) >= 11 is 0. The van der Waals surface area contributed by atoms with E-state index in [1.54, 1.807) is 0 Å². The summed E-state index contributed by atoms with van der Waals surface area (Å²) < 4.78 is 0. The zero-order valence-electron chi connectivity index (χ0n) is 12.0. The summed E-state index contributed by atoms with van der Waals surface area (Å²) in [6.07, 6.45) is 3.93. The van der Waals surface area contributed by atoms with Crippen molar-refractivity contribution in [1.29, 1.82) is 0 Å². The van der Waals surface area contributed by atoms with Gasteiger partial charge in [-0.3, -0.25) is 4.98 Å². The molecule has 0 saturated heterocycles. The minimum atomic E-state index is 0.390. The highest BCUT2D eigenvalue weighted by Gasteiger charge is 2.10. The third kappa shape index (κ3) is 3.65. The zero-order valence-corrected chi connectivity index (χ0v) is 12.0. The molecule has 1 atom stereocenters. The minimum Gasteiger partial charge on any atom is -0.313 e. The van der Waals surface area contributed by atoms with Crippen molar-refractivity contribution in [3.63, 3.8) is 0 Å². The largest absolute Gasteiger partial charge is 0.313 e. The van der Waals surface area contributed by atoms with E-state index in [0.717, 1.165) is 18.5 Å². The molecule has 0 aliphatic heterocycles. The van der Waals surface area contributed by atoms with Crippen molar-refractivity contribution in [2.45, 2.75) is 32.7 Å². The molecule has 1 unspecified atom stereocenters. The van der Waals surface area contributed by atoms with E-state index in [1.165, 1.54) is 16.7 Å². The molecule has 1 N–H and O–H groups in total. The number of rotatable bonds is 5. The van der Waals surface area contributed by atoms with Crippen LogP contribution in [0.15, 0.2) is 42.6 Å². The van der Waals surface area contributed by atoms with Crippen molar-refractivity contribution >= 4 is 0 Å². The molecular formula is C17H22N2. The molecule has 1 aromatic heterocycles. The Morgan fingerprint density at radius 1 is 1.11 bits per heavy atom. The lowest BCUT2D eigenvalue weighted by Gasteiger charge is -2.17. The summed E-state index contributed by atoms with van der Waals surface area (Å²) in [6.45, 7) is 4.33. The Hall–Kier alpha value is -1.67. The molecule has 1 heterocycles. The van der Waals surface area contributed by atoms with Crippen LogP contribution in [-0.4, -0.2) is 12.0 Å². The first-order chi connectivity index (χ1) is 9.20. The average Bonchev–Trinajstić information content (AvgIpc) is 2.44. The smallest absolute Gasteiger partial charge is 0.0404 e.